The lowest BCUT2D eigenvalue weighted by molar-refractivity contribution is -0.121. The fraction of sp³-hybridized carbons (Fsp3) is 0.476. The molecule has 28 heavy (non-hydrogen) atoms. The van der Waals surface area contributed by atoms with Gasteiger partial charge in [0.15, 0.2) is 5.16 Å². The van der Waals surface area contributed by atoms with E-state index in [4.69, 9.17) is 4.98 Å². The predicted octanol–water partition coefficient (Wildman–Crippen LogP) is 4.56. The smallest absolute Gasteiger partial charge is 0.272 e. The van der Waals surface area contributed by atoms with Crippen LogP contribution in [0.2, 0.25) is 0 Å². The summed E-state index contributed by atoms with van der Waals surface area (Å²) in [5.74, 6) is 0.947. The number of hydrogen-bond acceptors (Lipinski definition) is 5. The third-order valence-electron chi connectivity index (χ3n) is 5.23. The van der Waals surface area contributed by atoms with E-state index in [9.17, 15) is 9.59 Å². The second-order valence-electron chi connectivity index (χ2n) is 7.21. The SMILES string of the molecule is CCSc1nc2c(sc3ccccc32)c(=O)n1CCCC(=O)NC1CCCC1. The lowest BCUT2D eigenvalue weighted by atomic mass is 10.2. The van der Waals surface area contributed by atoms with Gasteiger partial charge in [0.25, 0.3) is 5.56 Å². The van der Waals surface area contributed by atoms with Gasteiger partial charge in [-0.25, -0.2) is 4.98 Å². The van der Waals surface area contributed by atoms with Gasteiger partial charge in [-0.2, -0.15) is 0 Å². The van der Waals surface area contributed by atoms with Crippen molar-refractivity contribution in [1.29, 1.82) is 0 Å². The van der Waals surface area contributed by atoms with E-state index in [0.29, 0.717) is 30.1 Å². The number of thioether (sulfide) groups is 1. The van der Waals surface area contributed by atoms with E-state index >= 15 is 0 Å². The average molecular weight is 416 g/mol. The van der Waals surface area contributed by atoms with Gasteiger partial charge in [-0.15, -0.1) is 11.3 Å². The highest BCUT2D eigenvalue weighted by molar-refractivity contribution is 7.99. The standard InChI is InChI=1S/C21H25N3O2S2/c1-2-27-21-23-18-15-10-5-6-11-16(15)28-19(18)20(26)24(21)13-7-12-17(25)22-14-8-3-4-9-14/h5-6,10-11,14H,2-4,7-9,12-13H2,1H3,(H,22,25). The van der Waals surface area contributed by atoms with Crippen LogP contribution in [0.1, 0.15) is 45.4 Å². The van der Waals surface area contributed by atoms with Crippen molar-refractivity contribution in [1.82, 2.24) is 14.9 Å². The number of benzene rings is 1. The number of nitrogens with zero attached hydrogens (tertiary/aromatic N) is 2. The van der Waals surface area contributed by atoms with Crippen LogP contribution in [-0.4, -0.2) is 27.3 Å². The summed E-state index contributed by atoms with van der Waals surface area (Å²) in [6, 6.07) is 8.38. The van der Waals surface area contributed by atoms with Crippen LogP contribution in [0.5, 0.6) is 0 Å². The van der Waals surface area contributed by atoms with E-state index < -0.39 is 0 Å². The lowest BCUT2D eigenvalue weighted by Gasteiger charge is -2.13. The third kappa shape index (κ3) is 3.96. The Morgan fingerprint density at radius 2 is 2.11 bits per heavy atom. The zero-order valence-corrected chi connectivity index (χ0v) is 17.7. The van der Waals surface area contributed by atoms with Gasteiger partial charge in [0.05, 0.1) is 5.52 Å². The fourth-order valence-electron chi connectivity index (χ4n) is 3.86. The lowest BCUT2D eigenvalue weighted by Crippen LogP contribution is -2.32. The summed E-state index contributed by atoms with van der Waals surface area (Å²) in [5.41, 5.74) is 0.815. The van der Waals surface area contributed by atoms with Crippen molar-refractivity contribution in [2.45, 2.75) is 63.2 Å². The van der Waals surface area contributed by atoms with Crippen molar-refractivity contribution in [2.75, 3.05) is 5.75 Å². The third-order valence-corrected chi connectivity index (χ3v) is 7.23. The van der Waals surface area contributed by atoms with E-state index in [1.54, 1.807) is 16.3 Å². The second kappa shape index (κ2) is 8.66. The number of amides is 1. The molecule has 2 aromatic heterocycles. The molecule has 0 atom stereocenters. The molecule has 0 radical (unpaired) electrons. The zero-order chi connectivity index (χ0) is 19.5. The van der Waals surface area contributed by atoms with Crippen LogP contribution < -0.4 is 10.9 Å². The van der Waals surface area contributed by atoms with E-state index in [-0.39, 0.29) is 11.5 Å². The van der Waals surface area contributed by atoms with Gasteiger partial charge >= 0.3 is 0 Å². The first-order valence-electron chi connectivity index (χ1n) is 10.0. The maximum Gasteiger partial charge on any atom is 0.272 e. The van der Waals surface area contributed by atoms with Crippen LogP contribution in [0.3, 0.4) is 0 Å². The number of hydrogen-bond donors (Lipinski definition) is 1. The molecule has 5 nitrogen and oxygen atoms in total. The predicted molar refractivity (Wildman–Crippen MR) is 117 cm³/mol. The van der Waals surface area contributed by atoms with Crippen molar-refractivity contribution in [3.63, 3.8) is 0 Å². The van der Waals surface area contributed by atoms with Crippen LogP contribution in [-0.2, 0) is 11.3 Å². The molecular formula is C21H25N3O2S2. The summed E-state index contributed by atoms with van der Waals surface area (Å²) < 4.78 is 3.55. The molecule has 1 N–H and O–H groups in total. The van der Waals surface area contributed by atoms with Crippen LogP contribution in [0.25, 0.3) is 20.3 Å². The van der Waals surface area contributed by atoms with E-state index in [1.807, 2.05) is 24.3 Å². The first-order chi connectivity index (χ1) is 13.7. The maximum absolute atomic E-state index is 13.2. The Morgan fingerprint density at radius 1 is 1.32 bits per heavy atom. The molecule has 7 heteroatoms. The van der Waals surface area contributed by atoms with Crippen molar-refractivity contribution < 1.29 is 4.79 Å². The minimum Gasteiger partial charge on any atom is -0.353 e. The number of carbonyl (C=O) groups excluding carboxylic acids is 1. The summed E-state index contributed by atoms with van der Waals surface area (Å²) in [6.45, 7) is 2.59. The second-order valence-corrected chi connectivity index (χ2v) is 9.50. The summed E-state index contributed by atoms with van der Waals surface area (Å²) in [5, 5.41) is 4.91. The first kappa shape index (κ1) is 19.5. The molecule has 1 amide bonds. The highest BCUT2D eigenvalue weighted by Crippen LogP contribution is 2.31. The normalized spacial score (nSPS) is 14.9. The molecule has 1 saturated carbocycles. The van der Waals surface area contributed by atoms with Crippen molar-refractivity contribution in [3.05, 3.63) is 34.6 Å². The molecule has 4 rings (SSSR count). The Balaban J connectivity index is 1.55. The van der Waals surface area contributed by atoms with Crippen LogP contribution >= 0.6 is 23.1 Å². The number of thiophene rings is 1. The molecule has 1 aliphatic rings. The molecule has 2 heterocycles. The Morgan fingerprint density at radius 3 is 2.89 bits per heavy atom. The summed E-state index contributed by atoms with van der Waals surface area (Å²) in [7, 11) is 0. The molecule has 1 aromatic carbocycles. The van der Waals surface area contributed by atoms with E-state index in [0.717, 1.165) is 39.4 Å². The van der Waals surface area contributed by atoms with Gasteiger partial charge < -0.3 is 5.32 Å². The summed E-state index contributed by atoms with van der Waals surface area (Å²) in [6.07, 6.45) is 5.69. The van der Waals surface area contributed by atoms with Crippen molar-refractivity contribution in [3.8, 4) is 0 Å². The van der Waals surface area contributed by atoms with E-state index in [1.165, 1.54) is 24.2 Å². The Labute approximate surface area is 172 Å². The van der Waals surface area contributed by atoms with Crippen LogP contribution in [0.15, 0.2) is 34.2 Å². The summed E-state index contributed by atoms with van der Waals surface area (Å²) in [4.78, 5) is 30.2. The molecule has 0 bridgehead atoms. The molecule has 0 spiro atoms. The van der Waals surface area contributed by atoms with Crippen LogP contribution in [0.4, 0.5) is 0 Å². The Kier molecular flexibility index (Phi) is 6.01. The number of fused-ring (bicyclic) bond motifs is 3. The van der Waals surface area contributed by atoms with Gasteiger partial charge in [-0.1, -0.05) is 49.7 Å². The molecule has 0 aliphatic heterocycles. The number of nitrogens with one attached hydrogen (secondary N) is 1. The van der Waals surface area contributed by atoms with Crippen LogP contribution in [0, 0.1) is 0 Å². The number of carbonyl (C=O) groups is 1. The van der Waals surface area contributed by atoms with Gasteiger partial charge in [0.1, 0.15) is 4.70 Å². The van der Waals surface area contributed by atoms with Gasteiger partial charge in [-0.3, -0.25) is 14.2 Å². The first-order valence-corrected chi connectivity index (χ1v) is 11.8. The van der Waals surface area contributed by atoms with Crippen molar-refractivity contribution >= 4 is 49.3 Å². The zero-order valence-electron chi connectivity index (χ0n) is 16.1. The monoisotopic (exact) mass is 415 g/mol. The topological polar surface area (TPSA) is 64.0 Å². The molecule has 148 valence electrons. The number of aromatic nitrogens is 2. The Hall–Kier alpha value is -1.86. The maximum atomic E-state index is 13.2. The van der Waals surface area contributed by atoms with Crippen molar-refractivity contribution in [2.24, 2.45) is 0 Å². The van der Waals surface area contributed by atoms with Gasteiger partial charge in [0.2, 0.25) is 5.91 Å². The molecule has 3 aromatic rings. The van der Waals surface area contributed by atoms with Gasteiger partial charge in [0, 0.05) is 29.1 Å². The van der Waals surface area contributed by atoms with Gasteiger partial charge in [-0.05, 0) is 31.1 Å². The fourth-order valence-corrected chi connectivity index (χ4v) is 5.69. The van der Waals surface area contributed by atoms with E-state index in [2.05, 4.69) is 12.2 Å². The summed E-state index contributed by atoms with van der Waals surface area (Å²) >= 11 is 3.09. The minimum absolute atomic E-state index is 0.0124. The molecule has 1 fully saturated rings. The number of rotatable bonds is 7. The molecule has 0 unspecified atom stereocenters. The average Bonchev–Trinajstić information content (AvgIpc) is 3.32. The molecular weight excluding hydrogens is 390 g/mol. The largest absolute Gasteiger partial charge is 0.353 e. The highest BCUT2D eigenvalue weighted by Gasteiger charge is 2.18. The molecule has 0 saturated heterocycles. The minimum atomic E-state index is 0.0124. The highest BCUT2D eigenvalue weighted by atomic mass is 32.2. The Bertz CT molecular complexity index is 1050. The quantitative estimate of drug-likeness (QED) is 0.454. The molecule has 1 aliphatic carbocycles.